The van der Waals surface area contributed by atoms with Gasteiger partial charge in [-0.1, -0.05) is 26.8 Å². The molecule has 2 aliphatic rings. The van der Waals surface area contributed by atoms with Crippen molar-refractivity contribution in [3.8, 4) is 12.1 Å². The summed E-state index contributed by atoms with van der Waals surface area (Å²) in [5.74, 6) is 1.64. The quantitative estimate of drug-likeness (QED) is 0.638. The van der Waals surface area contributed by atoms with Crippen LogP contribution in [0.3, 0.4) is 0 Å². The number of ether oxygens (including phenoxy) is 1. The summed E-state index contributed by atoms with van der Waals surface area (Å²) < 4.78 is 5.51. The van der Waals surface area contributed by atoms with E-state index in [-0.39, 0.29) is 5.92 Å². The van der Waals surface area contributed by atoms with Crippen molar-refractivity contribution in [3.63, 3.8) is 0 Å². The van der Waals surface area contributed by atoms with Gasteiger partial charge in [-0.15, -0.1) is 0 Å². The van der Waals surface area contributed by atoms with Crippen LogP contribution in [0.2, 0.25) is 0 Å². The van der Waals surface area contributed by atoms with Gasteiger partial charge >= 0.3 is 6.01 Å². The zero-order valence-corrected chi connectivity index (χ0v) is 20.0. The van der Waals surface area contributed by atoms with Gasteiger partial charge in [0.05, 0.1) is 18.4 Å². The molecule has 2 N–H and O–H groups in total. The fraction of sp³-hybridized carbons (Fsp3) is 0.577. The Bertz CT molecular complexity index is 1040. The average molecular weight is 434 g/mol. The Morgan fingerprint density at radius 1 is 1.31 bits per heavy atom. The summed E-state index contributed by atoms with van der Waals surface area (Å²) in [7, 11) is 1.63. The van der Waals surface area contributed by atoms with Crippen LogP contribution in [-0.2, 0) is 12.8 Å². The van der Waals surface area contributed by atoms with E-state index in [4.69, 9.17) is 20.4 Å². The molecule has 6 nitrogen and oxygen atoms in total. The molecule has 0 bridgehead atoms. The molecule has 1 unspecified atom stereocenters. The minimum absolute atomic E-state index is 0.216. The van der Waals surface area contributed by atoms with Gasteiger partial charge in [0.1, 0.15) is 11.9 Å². The standard InChI is InChI=1S/C26H35N5O/c1-6-15(3)19-10-11-22(28)21(14-27)24(19)17-8-9-20-23(13-17)29-26(32-5)30-25(20)31-16(4)12-18(31)7-2/h10-11,15-18H,6-9,12-13,28H2,1-5H3/t15-,16+,17?,18-/m0/s1. The first-order valence-electron chi connectivity index (χ1n) is 12.0. The number of rotatable bonds is 6. The van der Waals surface area contributed by atoms with Gasteiger partial charge < -0.3 is 15.4 Å². The van der Waals surface area contributed by atoms with Gasteiger partial charge in [0, 0.05) is 23.3 Å². The first-order valence-corrected chi connectivity index (χ1v) is 12.0. The van der Waals surface area contributed by atoms with E-state index in [0.29, 0.717) is 35.3 Å². The molecule has 1 aliphatic carbocycles. The molecule has 32 heavy (non-hydrogen) atoms. The van der Waals surface area contributed by atoms with Crippen molar-refractivity contribution in [1.29, 1.82) is 5.26 Å². The molecule has 4 atom stereocenters. The lowest BCUT2D eigenvalue weighted by Crippen LogP contribution is -2.55. The van der Waals surface area contributed by atoms with E-state index in [9.17, 15) is 5.26 Å². The highest BCUT2D eigenvalue weighted by Crippen LogP contribution is 2.44. The van der Waals surface area contributed by atoms with Crippen molar-refractivity contribution in [2.75, 3.05) is 17.7 Å². The van der Waals surface area contributed by atoms with Crippen LogP contribution >= 0.6 is 0 Å². The van der Waals surface area contributed by atoms with Crippen LogP contribution in [0.1, 0.15) is 93.2 Å². The predicted octanol–water partition coefficient (Wildman–Crippen LogP) is 5.10. The third kappa shape index (κ3) is 3.68. The molecule has 1 aliphatic heterocycles. The minimum Gasteiger partial charge on any atom is -0.467 e. The summed E-state index contributed by atoms with van der Waals surface area (Å²) in [6, 6.07) is 7.86. The molecular weight excluding hydrogens is 398 g/mol. The minimum atomic E-state index is 0.216. The summed E-state index contributed by atoms with van der Waals surface area (Å²) >= 11 is 0. The third-order valence-electron chi connectivity index (χ3n) is 7.59. The maximum absolute atomic E-state index is 9.95. The highest BCUT2D eigenvalue weighted by atomic mass is 16.5. The Kier molecular flexibility index (Phi) is 6.28. The number of hydrogen-bond acceptors (Lipinski definition) is 6. The molecule has 0 amide bonds. The van der Waals surface area contributed by atoms with Crippen LogP contribution in [0, 0.1) is 11.3 Å². The molecular formula is C26H35N5O. The Hall–Kier alpha value is -2.81. The molecule has 0 spiro atoms. The first-order chi connectivity index (χ1) is 15.4. The van der Waals surface area contributed by atoms with Crippen LogP contribution < -0.4 is 15.4 Å². The van der Waals surface area contributed by atoms with Gasteiger partial charge in [-0.05, 0) is 74.5 Å². The van der Waals surface area contributed by atoms with Gasteiger partial charge in [0.25, 0.3) is 0 Å². The van der Waals surface area contributed by atoms with E-state index in [1.165, 1.54) is 17.5 Å². The Balaban J connectivity index is 1.78. The van der Waals surface area contributed by atoms with Crippen molar-refractivity contribution >= 4 is 11.5 Å². The lowest BCUT2D eigenvalue weighted by molar-refractivity contribution is 0.335. The smallest absolute Gasteiger partial charge is 0.318 e. The largest absolute Gasteiger partial charge is 0.467 e. The number of aromatic nitrogens is 2. The number of nitriles is 1. The Morgan fingerprint density at radius 3 is 2.72 bits per heavy atom. The maximum Gasteiger partial charge on any atom is 0.318 e. The van der Waals surface area contributed by atoms with Crippen LogP contribution in [0.25, 0.3) is 0 Å². The molecule has 170 valence electrons. The topological polar surface area (TPSA) is 88.1 Å². The second kappa shape index (κ2) is 8.97. The molecule has 4 rings (SSSR count). The molecule has 2 heterocycles. The number of nitrogens with two attached hydrogens (primary N) is 1. The van der Waals surface area contributed by atoms with Crippen molar-refractivity contribution in [3.05, 3.63) is 40.1 Å². The lowest BCUT2D eigenvalue weighted by atomic mass is 9.76. The summed E-state index contributed by atoms with van der Waals surface area (Å²) in [4.78, 5) is 12.0. The number of anilines is 2. The lowest BCUT2D eigenvalue weighted by Gasteiger charge is -2.49. The number of benzene rings is 1. The van der Waals surface area contributed by atoms with Crippen LogP contribution in [0.5, 0.6) is 6.01 Å². The molecule has 0 radical (unpaired) electrons. The molecule has 1 fully saturated rings. The zero-order chi connectivity index (χ0) is 23.0. The fourth-order valence-corrected chi connectivity index (χ4v) is 5.58. The normalized spacial score (nSPS) is 23.1. The van der Waals surface area contributed by atoms with Gasteiger partial charge in [-0.25, -0.2) is 0 Å². The average Bonchev–Trinajstić information content (AvgIpc) is 2.80. The van der Waals surface area contributed by atoms with E-state index in [1.54, 1.807) is 7.11 Å². The monoisotopic (exact) mass is 433 g/mol. The van der Waals surface area contributed by atoms with Crippen LogP contribution in [-0.4, -0.2) is 29.2 Å². The molecule has 0 saturated carbocycles. The van der Waals surface area contributed by atoms with Gasteiger partial charge in [-0.2, -0.15) is 15.2 Å². The van der Waals surface area contributed by atoms with E-state index >= 15 is 0 Å². The summed E-state index contributed by atoms with van der Waals surface area (Å²) in [5.41, 5.74) is 12.1. The number of nitrogens with zero attached hydrogens (tertiary/aromatic N) is 4. The number of hydrogen-bond donors (Lipinski definition) is 1. The van der Waals surface area contributed by atoms with Crippen LogP contribution in [0.4, 0.5) is 11.5 Å². The summed E-state index contributed by atoms with van der Waals surface area (Å²) in [6.45, 7) is 8.93. The SMILES string of the molecule is CC[C@H]1C[C@@H](C)N1c1nc(OC)nc2c1CCC(c1c([C@@H](C)CC)ccc(N)c1C#N)C2. The predicted molar refractivity (Wildman–Crippen MR) is 128 cm³/mol. The number of methoxy groups -OCH3 is 1. The van der Waals surface area contributed by atoms with Crippen molar-refractivity contribution in [2.45, 2.75) is 90.1 Å². The molecule has 1 saturated heterocycles. The van der Waals surface area contributed by atoms with Crippen molar-refractivity contribution in [1.82, 2.24) is 9.97 Å². The van der Waals surface area contributed by atoms with E-state index in [1.807, 2.05) is 6.07 Å². The zero-order valence-electron chi connectivity index (χ0n) is 20.0. The molecule has 6 heteroatoms. The van der Waals surface area contributed by atoms with E-state index in [0.717, 1.165) is 49.2 Å². The first kappa shape index (κ1) is 22.4. The van der Waals surface area contributed by atoms with E-state index in [2.05, 4.69) is 44.7 Å². The molecule has 1 aromatic heterocycles. The number of nitrogen functional groups attached to an aromatic ring is 1. The Labute approximate surface area is 191 Å². The van der Waals surface area contributed by atoms with Crippen molar-refractivity contribution in [2.24, 2.45) is 0 Å². The second-order valence-electron chi connectivity index (χ2n) is 9.41. The summed E-state index contributed by atoms with van der Waals surface area (Å²) in [6.07, 6.45) is 5.99. The van der Waals surface area contributed by atoms with Crippen LogP contribution in [0.15, 0.2) is 12.1 Å². The summed E-state index contributed by atoms with van der Waals surface area (Å²) in [5, 5.41) is 9.95. The molecule has 1 aromatic carbocycles. The highest BCUT2D eigenvalue weighted by molar-refractivity contribution is 5.63. The van der Waals surface area contributed by atoms with E-state index < -0.39 is 0 Å². The van der Waals surface area contributed by atoms with Gasteiger partial charge in [0.2, 0.25) is 0 Å². The van der Waals surface area contributed by atoms with Crippen molar-refractivity contribution < 1.29 is 4.74 Å². The second-order valence-corrected chi connectivity index (χ2v) is 9.41. The maximum atomic E-state index is 9.95. The molecule has 2 aromatic rings. The Morgan fingerprint density at radius 2 is 2.09 bits per heavy atom. The van der Waals surface area contributed by atoms with Gasteiger partial charge in [0.15, 0.2) is 0 Å². The third-order valence-corrected chi connectivity index (χ3v) is 7.59. The fourth-order valence-electron chi connectivity index (χ4n) is 5.58. The van der Waals surface area contributed by atoms with Gasteiger partial charge in [-0.3, -0.25) is 0 Å². The number of fused-ring (bicyclic) bond motifs is 1. The highest BCUT2D eigenvalue weighted by Gasteiger charge is 2.39.